The van der Waals surface area contributed by atoms with Crippen LogP contribution < -0.4 is 5.46 Å². The lowest BCUT2D eigenvalue weighted by molar-refractivity contribution is 0.426. The Bertz CT molecular complexity index is 3380. The molecule has 0 aliphatic heterocycles. The molecule has 0 aliphatic rings. The molecule has 0 aliphatic carbocycles. The first-order chi connectivity index (χ1) is 29.7. The van der Waals surface area contributed by atoms with Crippen molar-refractivity contribution in [2.75, 3.05) is 0 Å². The minimum atomic E-state index is -1.34. The van der Waals surface area contributed by atoms with Crippen molar-refractivity contribution >= 4 is 132 Å². The van der Waals surface area contributed by atoms with Gasteiger partial charge in [-0.1, -0.05) is 207 Å². The molecule has 7 heteroatoms. The lowest BCUT2D eigenvalue weighted by Gasteiger charge is -2.16. The summed E-state index contributed by atoms with van der Waals surface area (Å²) in [6.07, 6.45) is 0. The van der Waals surface area contributed by atoms with Crippen molar-refractivity contribution in [3.8, 4) is 22.3 Å². The molecule has 0 heterocycles. The fourth-order valence-electron chi connectivity index (χ4n) is 8.20. The van der Waals surface area contributed by atoms with E-state index in [1.165, 1.54) is 81.5 Å². The van der Waals surface area contributed by atoms with E-state index in [0.29, 0.717) is 5.46 Å². The second-order valence-corrected chi connectivity index (χ2v) is 17.3. The van der Waals surface area contributed by atoms with E-state index >= 15 is 0 Å². The zero-order valence-electron chi connectivity index (χ0n) is 32.5. The Kier molecular flexibility index (Phi) is 12.0. The highest BCUT2D eigenvalue weighted by molar-refractivity contribution is 9.11. The molecule has 0 fully saturated rings. The Morgan fingerprint density at radius 1 is 0.311 bits per heavy atom. The highest BCUT2D eigenvalue weighted by Gasteiger charge is 2.15. The van der Waals surface area contributed by atoms with Crippen LogP contribution in [0.2, 0.25) is 10.0 Å². The molecule has 0 bridgehead atoms. The van der Waals surface area contributed by atoms with Gasteiger partial charge in [0.25, 0.3) is 0 Å². The van der Waals surface area contributed by atoms with E-state index < -0.39 is 7.12 Å². The zero-order valence-corrected chi connectivity index (χ0v) is 37.2. The van der Waals surface area contributed by atoms with Crippen LogP contribution in [0.3, 0.4) is 0 Å². The fourth-order valence-corrected chi connectivity index (χ4v) is 9.67. The fraction of sp³-hybridized carbons (Fsp3) is 0. The van der Waals surface area contributed by atoms with Crippen LogP contribution in [0, 0.1) is 0 Å². The maximum Gasteiger partial charge on any atom is 0.488 e. The van der Waals surface area contributed by atoms with Gasteiger partial charge in [-0.15, -0.1) is 0 Å². The Hall–Kier alpha value is -5.50. The zero-order chi connectivity index (χ0) is 42.0. The molecule has 11 rings (SSSR count). The third-order valence-corrected chi connectivity index (χ3v) is 12.8. The molecule has 0 radical (unpaired) electrons. The van der Waals surface area contributed by atoms with Crippen LogP contribution in [-0.4, -0.2) is 17.2 Å². The van der Waals surface area contributed by atoms with E-state index in [0.717, 1.165) is 24.4 Å². The second-order valence-electron chi connectivity index (χ2n) is 14.7. The van der Waals surface area contributed by atoms with Gasteiger partial charge in [0.15, 0.2) is 0 Å². The molecule has 0 amide bonds. The van der Waals surface area contributed by atoms with Gasteiger partial charge in [-0.25, -0.2) is 0 Å². The molecular weight excluding hydrogens is 922 g/mol. The lowest BCUT2D eigenvalue weighted by atomic mass is 9.81. The Morgan fingerprint density at radius 2 is 0.672 bits per heavy atom. The molecule has 294 valence electrons. The predicted molar refractivity (Wildman–Crippen MR) is 270 cm³/mol. The second kappa shape index (κ2) is 17.8. The summed E-state index contributed by atoms with van der Waals surface area (Å²) in [7, 11) is -1.34. The summed E-state index contributed by atoms with van der Waals surface area (Å²) in [6, 6.07) is 68.4. The highest BCUT2D eigenvalue weighted by Crippen LogP contribution is 2.43. The van der Waals surface area contributed by atoms with Gasteiger partial charge in [0.2, 0.25) is 0 Å². The summed E-state index contributed by atoms with van der Waals surface area (Å²) in [5.74, 6) is 0. The summed E-state index contributed by atoms with van der Waals surface area (Å²) in [6.45, 7) is 0. The number of hydrogen-bond donors (Lipinski definition) is 2. The predicted octanol–water partition coefficient (Wildman–Crippen LogP) is 15.8. The normalized spacial score (nSPS) is 11.1. The van der Waals surface area contributed by atoms with Gasteiger partial charge >= 0.3 is 7.12 Å². The molecule has 2 nitrogen and oxygen atoms in total. The van der Waals surface area contributed by atoms with Crippen LogP contribution >= 0.6 is 55.1 Å². The van der Waals surface area contributed by atoms with Crippen molar-refractivity contribution in [1.82, 2.24) is 0 Å². The Morgan fingerprint density at radius 3 is 1.18 bits per heavy atom. The van der Waals surface area contributed by atoms with E-state index in [1.54, 1.807) is 24.3 Å². The molecule has 2 N–H and O–H groups in total. The lowest BCUT2D eigenvalue weighted by Crippen LogP contribution is -2.29. The molecule has 0 saturated carbocycles. The van der Waals surface area contributed by atoms with Gasteiger partial charge in [-0.3, -0.25) is 0 Å². The molecule has 11 aromatic rings. The van der Waals surface area contributed by atoms with E-state index in [-0.39, 0.29) is 0 Å². The summed E-state index contributed by atoms with van der Waals surface area (Å²) >= 11 is 20.0. The SMILES string of the molecule is Clc1ccc2c(c1)c(-c1ccccc1)cc1c3ccccc3c(-c3ccccc3)cc21.Clc1ccc2c(c1)c(Br)cc1c3ccccc3c(Br)cc21.OB(O)c1ccccc1. The standard InChI is InChI=1S/C30H19Cl.C18H9Br2Cl.C6H7BO2/c31-22-15-16-25-28(17-22)27(21-11-5-2-6-12-21)19-29-24-14-8-7-13-23(24)26(18-30(25)29)20-9-3-1-4-10-20;19-17-8-15-12-6-5-10(21)7-16(12)18(20)9-14(15)11-3-1-2-4-13(11)17;8-7(9)6-4-2-1-3-5-6/h1-19H;1-9H;1-5,8-9H. The Labute approximate surface area is 381 Å². The number of halogens is 4. The molecule has 0 spiro atoms. The summed E-state index contributed by atoms with van der Waals surface area (Å²) < 4.78 is 2.18. The van der Waals surface area contributed by atoms with Gasteiger partial charge in [-0.2, -0.15) is 0 Å². The van der Waals surface area contributed by atoms with Gasteiger partial charge in [0.1, 0.15) is 0 Å². The molecule has 11 aromatic carbocycles. The van der Waals surface area contributed by atoms with Crippen molar-refractivity contribution < 1.29 is 10.0 Å². The third-order valence-electron chi connectivity index (χ3n) is 11.0. The van der Waals surface area contributed by atoms with Crippen LogP contribution in [0.25, 0.3) is 86.9 Å². The molecule has 61 heavy (non-hydrogen) atoms. The summed E-state index contributed by atoms with van der Waals surface area (Å²) in [4.78, 5) is 0. The van der Waals surface area contributed by atoms with Crippen molar-refractivity contribution in [2.45, 2.75) is 0 Å². The van der Waals surface area contributed by atoms with E-state index in [4.69, 9.17) is 33.2 Å². The number of rotatable bonds is 3. The largest absolute Gasteiger partial charge is 0.488 e. The van der Waals surface area contributed by atoms with Crippen LogP contribution in [0.4, 0.5) is 0 Å². The first-order valence-electron chi connectivity index (χ1n) is 19.7. The number of fused-ring (bicyclic) bond motifs is 10. The van der Waals surface area contributed by atoms with Gasteiger partial charge in [-0.05, 0) is 141 Å². The van der Waals surface area contributed by atoms with Crippen LogP contribution in [0.15, 0.2) is 209 Å². The van der Waals surface area contributed by atoms with Gasteiger partial charge in [0, 0.05) is 19.0 Å². The maximum atomic E-state index is 8.58. The van der Waals surface area contributed by atoms with Crippen molar-refractivity contribution in [1.29, 1.82) is 0 Å². The average molecular weight is 957 g/mol. The van der Waals surface area contributed by atoms with Gasteiger partial charge < -0.3 is 10.0 Å². The average Bonchev–Trinajstić information content (AvgIpc) is 3.30. The van der Waals surface area contributed by atoms with E-state index in [1.807, 2.05) is 24.3 Å². The monoisotopic (exact) mass is 954 g/mol. The molecular formula is C54H35BBr2Cl2O2. The van der Waals surface area contributed by atoms with Crippen molar-refractivity contribution in [3.63, 3.8) is 0 Å². The first-order valence-corrected chi connectivity index (χ1v) is 22.1. The topological polar surface area (TPSA) is 40.5 Å². The Balaban J connectivity index is 0.000000136. The molecule has 0 atom stereocenters. The summed E-state index contributed by atoms with van der Waals surface area (Å²) in [5.41, 5.74) is 5.43. The molecule has 0 saturated heterocycles. The molecule has 0 aromatic heterocycles. The minimum absolute atomic E-state index is 0.525. The van der Waals surface area contributed by atoms with Gasteiger partial charge in [0.05, 0.1) is 0 Å². The quantitative estimate of drug-likeness (QED) is 0.137. The number of hydrogen-bond acceptors (Lipinski definition) is 2. The minimum Gasteiger partial charge on any atom is -0.423 e. The van der Waals surface area contributed by atoms with Crippen LogP contribution in [0.5, 0.6) is 0 Å². The van der Waals surface area contributed by atoms with E-state index in [2.05, 4.69) is 184 Å². The van der Waals surface area contributed by atoms with Crippen LogP contribution in [-0.2, 0) is 0 Å². The number of benzene rings is 11. The summed E-state index contributed by atoms with van der Waals surface area (Å²) in [5, 5.41) is 33.4. The third kappa shape index (κ3) is 8.31. The first kappa shape index (κ1) is 40.9. The van der Waals surface area contributed by atoms with Crippen molar-refractivity contribution in [2.24, 2.45) is 0 Å². The van der Waals surface area contributed by atoms with E-state index in [9.17, 15) is 0 Å². The maximum absolute atomic E-state index is 8.58. The molecule has 0 unspecified atom stereocenters. The smallest absolute Gasteiger partial charge is 0.423 e. The highest BCUT2D eigenvalue weighted by atomic mass is 79.9. The van der Waals surface area contributed by atoms with Crippen LogP contribution in [0.1, 0.15) is 0 Å². The van der Waals surface area contributed by atoms with Crippen molar-refractivity contribution in [3.05, 3.63) is 219 Å².